The summed E-state index contributed by atoms with van der Waals surface area (Å²) < 4.78 is 0. The van der Waals surface area contributed by atoms with Crippen LogP contribution in [0.2, 0.25) is 0 Å². The van der Waals surface area contributed by atoms with Gasteiger partial charge in [-0.25, -0.2) is 0 Å². The van der Waals surface area contributed by atoms with Gasteiger partial charge in [-0.15, -0.1) is 12.4 Å². The highest BCUT2D eigenvalue weighted by Gasteiger charge is 2.31. The molecule has 5 heteroatoms. The van der Waals surface area contributed by atoms with E-state index in [2.05, 4.69) is 28.4 Å². The molecule has 1 saturated heterocycles. The van der Waals surface area contributed by atoms with Crippen molar-refractivity contribution in [2.24, 2.45) is 5.73 Å². The topological polar surface area (TPSA) is 58.4 Å². The van der Waals surface area contributed by atoms with E-state index in [1.807, 2.05) is 44.2 Å². The summed E-state index contributed by atoms with van der Waals surface area (Å²) in [6, 6.07) is 16.5. The van der Waals surface area contributed by atoms with Crippen molar-refractivity contribution in [1.82, 2.24) is 4.90 Å². The fourth-order valence-electron chi connectivity index (χ4n) is 3.55. The Kier molecular flexibility index (Phi) is 6.59. The monoisotopic (exact) mass is 359 g/mol. The molecule has 4 nitrogen and oxygen atoms in total. The van der Waals surface area contributed by atoms with Gasteiger partial charge in [-0.05, 0) is 42.7 Å². The molecule has 2 atom stereocenters. The number of hydrogen-bond donors (Lipinski definition) is 2. The molecule has 2 aromatic carbocycles. The van der Waals surface area contributed by atoms with Crippen LogP contribution in [0.3, 0.4) is 0 Å². The van der Waals surface area contributed by atoms with Gasteiger partial charge in [-0.2, -0.15) is 0 Å². The van der Waals surface area contributed by atoms with E-state index < -0.39 is 0 Å². The van der Waals surface area contributed by atoms with E-state index in [0.717, 1.165) is 29.9 Å². The molecule has 0 aromatic heterocycles. The summed E-state index contributed by atoms with van der Waals surface area (Å²) in [6.45, 7) is 6.02. The Morgan fingerprint density at radius 2 is 1.76 bits per heavy atom. The third-order valence-corrected chi connectivity index (χ3v) is 4.54. The number of hydrogen-bond acceptors (Lipinski definition) is 3. The minimum atomic E-state index is 0. The Morgan fingerprint density at radius 3 is 2.40 bits per heavy atom. The summed E-state index contributed by atoms with van der Waals surface area (Å²) in [5.41, 5.74) is 10.7. The van der Waals surface area contributed by atoms with Crippen molar-refractivity contribution in [2.75, 3.05) is 25.0 Å². The average molecular weight is 360 g/mol. The summed E-state index contributed by atoms with van der Waals surface area (Å²) in [6.07, 6.45) is 0. The zero-order valence-electron chi connectivity index (χ0n) is 14.7. The minimum Gasteiger partial charge on any atom is -0.326 e. The SMILES string of the molecule is Cc1cc(C)cc(NC(=O)CN2C[C@@H](N)[C@H](c3ccccc3)C2)c1.Cl. The molecule has 1 fully saturated rings. The van der Waals surface area contributed by atoms with Gasteiger partial charge in [0.25, 0.3) is 0 Å². The predicted molar refractivity (Wildman–Crippen MR) is 105 cm³/mol. The van der Waals surface area contributed by atoms with Crippen LogP contribution in [0.5, 0.6) is 0 Å². The van der Waals surface area contributed by atoms with Crippen molar-refractivity contribution in [3.63, 3.8) is 0 Å². The fourth-order valence-corrected chi connectivity index (χ4v) is 3.55. The highest BCUT2D eigenvalue weighted by Crippen LogP contribution is 2.26. The van der Waals surface area contributed by atoms with E-state index in [1.54, 1.807) is 0 Å². The van der Waals surface area contributed by atoms with Gasteiger partial charge in [-0.1, -0.05) is 36.4 Å². The maximum atomic E-state index is 12.3. The molecule has 1 amide bonds. The van der Waals surface area contributed by atoms with Crippen molar-refractivity contribution in [1.29, 1.82) is 0 Å². The van der Waals surface area contributed by atoms with E-state index in [4.69, 9.17) is 5.73 Å². The van der Waals surface area contributed by atoms with Gasteiger partial charge in [0.1, 0.15) is 0 Å². The van der Waals surface area contributed by atoms with Crippen LogP contribution >= 0.6 is 12.4 Å². The average Bonchev–Trinajstić information content (AvgIpc) is 2.87. The number of aryl methyl sites for hydroxylation is 2. The van der Waals surface area contributed by atoms with Crippen molar-refractivity contribution < 1.29 is 4.79 Å². The largest absolute Gasteiger partial charge is 0.326 e. The van der Waals surface area contributed by atoms with Gasteiger partial charge < -0.3 is 11.1 Å². The summed E-state index contributed by atoms with van der Waals surface area (Å²) >= 11 is 0. The maximum Gasteiger partial charge on any atom is 0.238 e. The molecule has 0 bridgehead atoms. The van der Waals surface area contributed by atoms with E-state index >= 15 is 0 Å². The van der Waals surface area contributed by atoms with Gasteiger partial charge in [-0.3, -0.25) is 9.69 Å². The molecule has 1 heterocycles. The lowest BCUT2D eigenvalue weighted by molar-refractivity contribution is -0.117. The predicted octanol–water partition coefficient (Wildman–Crippen LogP) is 3.09. The number of carbonyl (C=O) groups excluding carboxylic acids is 1. The highest BCUT2D eigenvalue weighted by molar-refractivity contribution is 5.92. The van der Waals surface area contributed by atoms with Crippen molar-refractivity contribution >= 4 is 24.0 Å². The second-order valence-electron chi connectivity index (χ2n) is 6.80. The van der Waals surface area contributed by atoms with Gasteiger partial charge in [0.2, 0.25) is 5.91 Å². The van der Waals surface area contributed by atoms with Crippen molar-refractivity contribution in [3.05, 3.63) is 65.2 Å². The molecule has 134 valence electrons. The molecule has 0 spiro atoms. The normalized spacial score (nSPS) is 20.1. The summed E-state index contributed by atoms with van der Waals surface area (Å²) in [4.78, 5) is 14.5. The second-order valence-corrected chi connectivity index (χ2v) is 6.80. The summed E-state index contributed by atoms with van der Waals surface area (Å²) in [5.74, 6) is 0.307. The molecule has 0 aliphatic carbocycles. The molecule has 2 aromatic rings. The molecule has 25 heavy (non-hydrogen) atoms. The molecular weight excluding hydrogens is 334 g/mol. The third kappa shape index (κ3) is 5.05. The van der Waals surface area contributed by atoms with Crippen LogP contribution in [0.25, 0.3) is 0 Å². The van der Waals surface area contributed by atoms with Crippen LogP contribution in [0.1, 0.15) is 22.6 Å². The number of benzene rings is 2. The van der Waals surface area contributed by atoms with Gasteiger partial charge in [0.15, 0.2) is 0 Å². The van der Waals surface area contributed by atoms with E-state index in [-0.39, 0.29) is 24.4 Å². The van der Waals surface area contributed by atoms with Crippen LogP contribution in [0.4, 0.5) is 5.69 Å². The molecule has 3 N–H and O–H groups in total. The first-order chi connectivity index (χ1) is 11.5. The Balaban J connectivity index is 0.00000225. The van der Waals surface area contributed by atoms with E-state index in [9.17, 15) is 4.79 Å². The zero-order valence-corrected chi connectivity index (χ0v) is 15.6. The molecular formula is C20H26ClN3O. The Hall–Kier alpha value is -1.88. The Labute approximate surface area is 155 Å². The fraction of sp³-hybridized carbons (Fsp3) is 0.350. The van der Waals surface area contributed by atoms with Gasteiger partial charge in [0, 0.05) is 30.7 Å². The quantitative estimate of drug-likeness (QED) is 0.881. The Bertz CT molecular complexity index is 700. The van der Waals surface area contributed by atoms with Crippen LogP contribution in [0.15, 0.2) is 48.5 Å². The van der Waals surface area contributed by atoms with E-state index in [1.165, 1.54) is 5.56 Å². The number of nitrogens with one attached hydrogen (secondary N) is 1. The smallest absolute Gasteiger partial charge is 0.238 e. The van der Waals surface area contributed by atoms with E-state index in [0.29, 0.717) is 12.5 Å². The third-order valence-electron chi connectivity index (χ3n) is 4.54. The highest BCUT2D eigenvalue weighted by atomic mass is 35.5. The lowest BCUT2D eigenvalue weighted by Gasteiger charge is -2.16. The molecule has 1 aliphatic rings. The minimum absolute atomic E-state index is 0. The van der Waals surface area contributed by atoms with Gasteiger partial charge >= 0.3 is 0 Å². The van der Waals surface area contributed by atoms with Crippen LogP contribution < -0.4 is 11.1 Å². The maximum absolute atomic E-state index is 12.3. The number of nitrogens with zero attached hydrogens (tertiary/aromatic N) is 1. The lowest BCUT2D eigenvalue weighted by Crippen LogP contribution is -2.33. The number of rotatable bonds is 4. The molecule has 1 aliphatic heterocycles. The second kappa shape index (κ2) is 8.48. The number of halogens is 1. The first kappa shape index (κ1) is 19.4. The summed E-state index contributed by atoms with van der Waals surface area (Å²) in [5, 5.41) is 3.00. The standard InChI is InChI=1S/C20H25N3O.ClH/c1-14-8-15(2)10-17(9-14)22-20(24)13-23-11-18(19(21)12-23)16-6-4-3-5-7-16;/h3-10,18-19H,11-13,21H2,1-2H3,(H,22,24);1H/t18-,19+;/m0./s1. The molecule has 0 saturated carbocycles. The van der Waals surface area contributed by atoms with Crippen molar-refractivity contribution in [3.8, 4) is 0 Å². The summed E-state index contributed by atoms with van der Waals surface area (Å²) in [7, 11) is 0. The van der Waals surface area contributed by atoms with Crippen LogP contribution in [-0.4, -0.2) is 36.5 Å². The van der Waals surface area contributed by atoms with Crippen LogP contribution in [-0.2, 0) is 4.79 Å². The number of nitrogens with two attached hydrogens (primary N) is 1. The number of likely N-dealkylation sites (tertiary alicyclic amines) is 1. The number of carbonyl (C=O) groups is 1. The number of amides is 1. The lowest BCUT2D eigenvalue weighted by atomic mass is 9.95. The first-order valence-electron chi connectivity index (χ1n) is 8.42. The molecule has 0 unspecified atom stereocenters. The van der Waals surface area contributed by atoms with Crippen molar-refractivity contribution in [2.45, 2.75) is 25.8 Å². The van der Waals surface area contributed by atoms with Gasteiger partial charge in [0.05, 0.1) is 6.54 Å². The Morgan fingerprint density at radius 1 is 1.12 bits per heavy atom. The number of anilines is 1. The first-order valence-corrected chi connectivity index (χ1v) is 8.42. The zero-order chi connectivity index (χ0) is 17.1. The molecule has 3 rings (SSSR count). The van der Waals surface area contributed by atoms with Crippen LogP contribution in [0, 0.1) is 13.8 Å². The molecule has 0 radical (unpaired) electrons.